The molecule has 0 saturated carbocycles. The molecule has 0 aliphatic rings. The first kappa shape index (κ1) is 13.5. The van der Waals surface area contributed by atoms with E-state index >= 15 is 0 Å². The summed E-state index contributed by atoms with van der Waals surface area (Å²) in [4.78, 5) is 16.4. The molecule has 3 rings (SSSR count). The minimum Gasteiger partial charge on any atom is -0.298 e. The molecule has 2 aromatic carbocycles. The molecule has 5 heteroatoms. The third kappa shape index (κ3) is 3.14. The highest BCUT2D eigenvalue weighted by Gasteiger charge is 2.09. The zero-order valence-corrected chi connectivity index (χ0v) is 11.7. The van der Waals surface area contributed by atoms with Crippen LogP contribution in [-0.2, 0) is 0 Å². The van der Waals surface area contributed by atoms with Crippen LogP contribution in [0.15, 0.2) is 60.0 Å². The Kier molecular flexibility index (Phi) is 3.75. The molecule has 3 nitrogen and oxygen atoms in total. The van der Waals surface area contributed by atoms with E-state index in [-0.39, 0.29) is 11.7 Å². The van der Waals surface area contributed by atoms with Gasteiger partial charge in [0.25, 0.3) is 5.91 Å². The lowest BCUT2D eigenvalue weighted by Gasteiger charge is -2.01. The number of halogens is 1. The lowest BCUT2D eigenvalue weighted by Crippen LogP contribution is -2.11. The maximum atomic E-state index is 12.9. The number of nitrogens with zero attached hydrogens (tertiary/aromatic N) is 1. The molecule has 1 aromatic heterocycles. The second-order valence-corrected chi connectivity index (χ2v) is 5.22. The van der Waals surface area contributed by atoms with Gasteiger partial charge in [-0.05, 0) is 36.4 Å². The number of amides is 1. The fraction of sp³-hybridized carbons (Fsp3) is 0. The normalized spacial score (nSPS) is 10.3. The SMILES string of the molecule is O=C(Nc1nc(-c2ccc(F)cc2)cs1)c1ccccc1. The van der Waals surface area contributed by atoms with Gasteiger partial charge in [-0.3, -0.25) is 10.1 Å². The molecular formula is C16H11FN2OS. The smallest absolute Gasteiger partial charge is 0.257 e. The van der Waals surface area contributed by atoms with Crippen molar-refractivity contribution in [1.29, 1.82) is 0 Å². The fourth-order valence-electron chi connectivity index (χ4n) is 1.84. The topological polar surface area (TPSA) is 42.0 Å². The van der Waals surface area contributed by atoms with Gasteiger partial charge in [-0.25, -0.2) is 9.37 Å². The molecule has 21 heavy (non-hydrogen) atoms. The first-order valence-electron chi connectivity index (χ1n) is 6.30. The van der Waals surface area contributed by atoms with Gasteiger partial charge in [0.2, 0.25) is 0 Å². The summed E-state index contributed by atoms with van der Waals surface area (Å²) in [6, 6.07) is 15.0. The first-order chi connectivity index (χ1) is 10.2. The molecule has 0 saturated heterocycles. The lowest BCUT2D eigenvalue weighted by atomic mass is 10.2. The van der Waals surface area contributed by atoms with Gasteiger partial charge in [-0.2, -0.15) is 0 Å². The number of carbonyl (C=O) groups is 1. The number of carbonyl (C=O) groups excluding carboxylic acids is 1. The first-order valence-corrected chi connectivity index (χ1v) is 7.18. The van der Waals surface area contributed by atoms with Crippen LogP contribution in [0, 0.1) is 5.82 Å². The molecule has 0 fully saturated rings. The third-order valence-corrected chi connectivity index (χ3v) is 3.66. The minimum atomic E-state index is -0.286. The van der Waals surface area contributed by atoms with Crippen LogP contribution in [0.5, 0.6) is 0 Å². The predicted molar refractivity (Wildman–Crippen MR) is 81.9 cm³/mol. The third-order valence-electron chi connectivity index (χ3n) is 2.90. The molecule has 0 unspecified atom stereocenters. The molecule has 0 spiro atoms. The number of hydrogen-bond acceptors (Lipinski definition) is 3. The summed E-state index contributed by atoms with van der Waals surface area (Å²) in [5.74, 6) is -0.484. The Labute approximate surface area is 125 Å². The van der Waals surface area contributed by atoms with Crippen molar-refractivity contribution >= 4 is 22.4 Å². The van der Waals surface area contributed by atoms with Crippen LogP contribution in [0.25, 0.3) is 11.3 Å². The van der Waals surface area contributed by atoms with E-state index in [1.165, 1.54) is 23.5 Å². The standard InChI is InChI=1S/C16H11FN2OS/c17-13-8-6-11(7-9-13)14-10-21-16(18-14)19-15(20)12-4-2-1-3-5-12/h1-10H,(H,18,19,20). The number of anilines is 1. The second kappa shape index (κ2) is 5.85. The zero-order valence-electron chi connectivity index (χ0n) is 10.9. The van der Waals surface area contributed by atoms with E-state index in [0.29, 0.717) is 16.4 Å². The summed E-state index contributed by atoms with van der Waals surface area (Å²) in [6.45, 7) is 0. The highest BCUT2D eigenvalue weighted by atomic mass is 32.1. The number of hydrogen-bond donors (Lipinski definition) is 1. The Morgan fingerprint density at radius 1 is 1.05 bits per heavy atom. The van der Waals surface area contributed by atoms with E-state index in [1.807, 2.05) is 11.4 Å². The van der Waals surface area contributed by atoms with Crippen LogP contribution in [0.2, 0.25) is 0 Å². The molecule has 1 N–H and O–H groups in total. The Bertz CT molecular complexity index is 753. The van der Waals surface area contributed by atoms with Gasteiger partial charge in [0.15, 0.2) is 5.13 Å². The Hall–Kier alpha value is -2.53. The van der Waals surface area contributed by atoms with E-state index < -0.39 is 0 Å². The summed E-state index contributed by atoms with van der Waals surface area (Å²) in [5.41, 5.74) is 2.10. The van der Waals surface area contributed by atoms with Crippen LogP contribution < -0.4 is 5.32 Å². The van der Waals surface area contributed by atoms with Crippen molar-refractivity contribution in [3.8, 4) is 11.3 Å². The van der Waals surface area contributed by atoms with E-state index in [2.05, 4.69) is 10.3 Å². The van der Waals surface area contributed by atoms with E-state index in [9.17, 15) is 9.18 Å². The summed E-state index contributed by atoms with van der Waals surface area (Å²) in [6.07, 6.45) is 0. The Balaban J connectivity index is 1.76. The van der Waals surface area contributed by atoms with Crippen molar-refractivity contribution in [3.05, 3.63) is 71.4 Å². The van der Waals surface area contributed by atoms with Gasteiger partial charge < -0.3 is 0 Å². The molecular weight excluding hydrogens is 287 g/mol. The maximum Gasteiger partial charge on any atom is 0.257 e. The summed E-state index contributed by atoms with van der Waals surface area (Å²) >= 11 is 1.33. The Morgan fingerprint density at radius 3 is 2.48 bits per heavy atom. The molecule has 3 aromatic rings. The van der Waals surface area contributed by atoms with Crippen molar-refractivity contribution in [2.45, 2.75) is 0 Å². The van der Waals surface area contributed by atoms with Gasteiger partial charge in [0.1, 0.15) is 5.82 Å². The number of nitrogens with one attached hydrogen (secondary N) is 1. The lowest BCUT2D eigenvalue weighted by molar-refractivity contribution is 0.102. The highest BCUT2D eigenvalue weighted by molar-refractivity contribution is 7.14. The van der Waals surface area contributed by atoms with Gasteiger partial charge in [0, 0.05) is 16.5 Å². The quantitative estimate of drug-likeness (QED) is 0.787. The minimum absolute atomic E-state index is 0.199. The van der Waals surface area contributed by atoms with Crippen LogP contribution >= 0.6 is 11.3 Å². The predicted octanol–water partition coefficient (Wildman–Crippen LogP) is 4.20. The van der Waals surface area contributed by atoms with Gasteiger partial charge >= 0.3 is 0 Å². The van der Waals surface area contributed by atoms with Crippen molar-refractivity contribution in [3.63, 3.8) is 0 Å². The highest BCUT2D eigenvalue weighted by Crippen LogP contribution is 2.25. The van der Waals surface area contributed by atoms with Gasteiger partial charge in [-0.1, -0.05) is 18.2 Å². The monoisotopic (exact) mass is 298 g/mol. The van der Waals surface area contributed by atoms with Crippen LogP contribution in [0.4, 0.5) is 9.52 Å². The fourth-order valence-corrected chi connectivity index (χ4v) is 2.56. The average molecular weight is 298 g/mol. The van der Waals surface area contributed by atoms with Crippen LogP contribution in [0.1, 0.15) is 10.4 Å². The molecule has 0 aliphatic carbocycles. The summed E-state index contributed by atoms with van der Waals surface area (Å²) in [5, 5.41) is 5.10. The van der Waals surface area contributed by atoms with Crippen molar-refractivity contribution in [2.24, 2.45) is 0 Å². The summed E-state index contributed by atoms with van der Waals surface area (Å²) < 4.78 is 12.9. The molecule has 1 heterocycles. The molecule has 1 amide bonds. The van der Waals surface area contributed by atoms with Gasteiger partial charge in [-0.15, -0.1) is 11.3 Å². The largest absolute Gasteiger partial charge is 0.298 e. The van der Waals surface area contributed by atoms with Crippen LogP contribution in [0.3, 0.4) is 0 Å². The zero-order chi connectivity index (χ0) is 14.7. The van der Waals surface area contributed by atoms with Crippen LogP contribution in [-0.4, -0.2) is 10.9 Å². The average Bonchev–Trinajstić information content (AvgIpc) is 2.97. The molecule has 0 aliphatic heterocycles. The second-order valence-electron chi connectivity index (χ2n) is 4.36. The van der Waals surface area contributed by atoms with Crippen molar-refractivity contribution in [1.82, 2.24) is 4.98 Å². The summed E-state index contributed by atoms with van der Waals surface area (Å²) in [7, 11) is 0. The molecule has 104 valence electrons. The van der Waals surface area contributed by atoms with Crippen molar-refractivity contribution < 1.29 is 9.18 Å². The number of thiazole rings is 1. The van der Waals surface area contributed by atoms with E-state index in [1.54, 1.807) is 36.4 Å². The molecule has 0 radical (unpaired) electrons. The Morgan fingerprint density at radius 2 is 1.76 bits per heavy atom. The van der Waals surface area contributed by atoms with E-state index in [0.717, 1.165) is 5.56 Å². The molecule has 0 atom stereocenters. The van der Waals surface area contributed by atoms with E-state index in [4.69, 9.17) is 0 Å². The number of aromatic nitrogens is 1. The van der Waals surface area contributed by atoms with Gasteiger partial charge in [0.05, 0.1) is 5.69 Å². The number of rotatable bonds is 3. The van der Waals surface area contributed by atoms with Crippen molar-refractivity contribution in [2.75, 3.05) is 5.32 Å². The maximum absolute atomic E-state index is 12.9. The molecule has 0 bridgehead atoms. The number of benzene rings is 2.